The fourth-order valence-corrected chi connectivity index (χ4v) is 5.06. The summed E-state index contributed by atoms with van der Waals surface area (Å²) >= 11 is 0. The van der Waals surface area contributed by atoms with Gasteiger partial charge in [-0.3, -0.25) is 4.79 Å². The molecule has 1 saturated carbocycles. The van der Waals surface area contributed by atoms with Crippen LogP contribution in [0, 0.1) is 11.7 Å². The highest BCUT2D eigenvalue weighted by molar-refractivity contribution is 5.97. The van der Waals surface area contributed by atoms with Gasteiger partial charge < -0.3 is 24.3 Å². The maximum Gasteiger partial charge on any atom is 0.343 e. The molecule has 0 radical (unpaired) electrons. The van der Waals surface area contributed by atoms with E-state index in [-0.39, 0.29) is 17.0 Å². The number of aromatic nitrogens is 1. The van der Waals surface area contributed by atoms with Crippen molar-refractivity contribution in [3.05, 3.63) is 33.9 Å². The lowest BCUT2D eigenvalue weighted by Gasteiger charge is -2.25. The number of benzene rings is 1. The van der Waals surface area contributed by atoms with Crippen molar-refractivity contribution < 1.29 is 18.7 Å². The van der Waals surface area contributed by atoms with E-state index in [1.165, 1.54) is 20.3 Å². The summed E-state index contributed by atoms with van der Waals surface area (Å²) in [4.78, 5) is 27.2. The number of halogens is 1. The molecule has 160 valence electrons. The number of fused-ring (bicyclic) bond motifs is 2. The summed E-state index contributed by atoms with van der Waals surface area (Å²) in [6.45, 7) is 2.45. The van der Waals surface area contributed by atoms with E-state index in [1.54, 1.807) is 6.20 Å². The fourth-order valence-electron chi connectivity index (χ4n) is 5.06. The number of nitrogens with one attached hydrogen (secondary N) is 1. The Kier molecular flexibility index (Phi) is 4.69. The molecule has 2 aromatic rings. The molecule has 0 amide bonds. The summed E-state index contributed by atoms with van der Waals surface area (Å²) in [5, 5.41) is 3.69. The van der Waals surface area contributed by atoms with Crippen molar-refractivity contribution in [3.63, 3.8) is 0 Å². The first-order valence-electron chi connectivity index (χ1n) is 10.6. The topological polar surface area (TPSA) is 72.8 Å². The molecule has 3 heterocycles. The average molecular weight is 415 g/mol. The van der Waals surface area contributed by atoms with Crippen LogP contribution in [0.1, 0.15) is 42.1 Å². The molecule has 0 bridgehead atoms. The van der Waals surface area contributed by atoms with Crippen molar-refractivity contribution in [2.24, 2.45) is 5.92 Å². The molecule has 2 saturated heterocycles. The number of ether oxygens (including phenoxy) is 2. The van der Waals surface area contributed by atoms with Crippen LogP contribution in [0.2, 0.25) is 0 Å². The van der Waals surface area contributed by atoms with E-state index in [2.05, 4.69) is 5.32 Å². The van der Waals surface area contributed by atoms with Crippen LogP contribution >= 0.6 is 0 Å². The summed E-state index contributed by atoms with van der Waals surface area (Å²) in [5.41, 5.74) is 0.342. The van der Waals surface area contributed by atoms with Crippen molar-refractivity contribution in [1.82, 2.24) is 9.88 Å². The van der Waals surface area contributed by atoms with Gasteiger partial charge in [0.1, 0.15) is 11.3 Å². The summed E-state index contributed by atoms with van der Waals surface area (Å²) in [6.07, 6.45) is 5.67. The molecule has 0 spiro atoms. The zero-order chi connectivity index (χ0) is 21.0. The number of pyridine rings is 1. The van der Waals surface area contributed by atoms with Crippen LogP contribution in [-0.4, -0.2) is 50.4 Å². The van der Waals surface area contributed by atoms with Gasteiger partial charge in [-0.1, -0.05) is 0 Å². The smallest absolute Gasteiger partial charge is 0.343 e. The quantitative estimate of drug-likeness (QED) is 0.774. The lowest BCUT2D eigenvalue weighted by molar-refractivity contribution is 0.0598. The fraction of sp³-hybridized carbons (Fsp3) is 0.545. The van der Waals surface area contributed by atoms with Crippen molar-refractivity contribution in [1.29, 1.82) is 0 Å². The highest BCUT2D eigenvalue weighted by atomic mass is 19.1. The normalized spacial score (nSPS) is 23.5. The third-order valence-corrected chi connectivity index (χ3v) is 6.66. The predicted molar refractivity (Wildman–Crippen MR) is 111 cm³/mol. The van der Waals surface area contributed by atoms with Gasteiger partial charge in [0.25, 0.3) is 0 Å². The number of hydrogen-bond donors (Lipinski definition) is 1. The number of carbonyl (C=O) groups is 1. The second-order valence-electron chi connectivity index (χ2n) is 8.51. The predicted octanol–water partition coefficient (Wildman–Crippen LogP) is 2.46. The van der Waals surface area contributed by atoms with Crippen molar-refractivity contribution >= 4 is 22.6 Å². The highest BCUT2D eigenvalue weighted by Gasteiger charge is 2.38. The molecule has 3 aliphatic rings. The van der Waals surface area contributed by atoms with E-state index in [0.29, 0.717) is 35.5 Å². The molecule has 3 fully saturated rings. The Morgan fingerprint density at radius 1 is 1.23 bits per heavy atom. The van der Waals surface area contributed by atoms with Gasteiger partial charge in [0.15, 0.2) is 11.6 Å². The molecule has 5 rings (SSSR count). The molecule has 2 atom stereocenters. The number of esters is 1. The number of hydrogen-bond acceptors (Lipinski definition) is 6. The van der Waals surface area contributed by atoms with Gasteiger partial charge in [-0.2, -0.15) is 0 Å². The van der Waals surface area contributed by atoms with Gasteiger partial charge in [0.2, 0.25) is 5.43 Å². The SMILES string of the molecule is COC(=O)c1cn(C2CC2)c2c(OC)c(N3C[C@H]4CCCN[C@H]4C3)c(F)cc2c1=O. The van der Waals surface area contributed by atoms with Gasteiger partial charge in [-0.15, -0.1) is 0 Å². The van der Waals surface area contributed by atoms with Crippen LogP contribution in [0.5, 0.6) is 5.75 Å². The van der Waals surface area contributed by atoms with E-state index >= 15 is 4.39 Å². The molecule has 1 aromatic heterocycles. The van der Waals surface area contributed by atoms with E-state index in [1.807, 2.05) is 9.47 Å². The van der Waals surface area contributed by atoms with Crippen molar-refractivity contribution in [2.45, 2.75) is 37.8 Å². The third-order valence-electron chi connectivity index (χ3n) is 6.66. The van der Waals surface area contributed by atoms with Crippen molar-refractivity contribution in [3.8, 4) is 5.75 Å². The number of piperidine rings is 1. The van der Waals surface area contributed by atoms with Gasteiger partial charge in [0.05, 0.1) is 25.1 Å². The first kappa shape index (κ1) is 19.4. The molecule has 1 aromatic carbocycles. The Hall–Kier alpha value is -2.61. The molecule has 2 aliphatic heterocycles. The van der Waals surface area contributed by atoms with E-state index in [9.17, 15) is 9.59 Å². The lowest BCUT2D eigenvalue weighted by atomic mass is 9.94. The van der Waals surface area contributed by atoms with Crippen LogP contribution in [0.25, 0.3) is 10.9 Å². The summed E-state index contributed by atoms with van der Waals surface area (Å²) in [7, 11) is 2.74. The number of carbonyl (C=O) groups excluding carboxylic acids is 1. The first-order chi connectivity index (χ1) is 14.5. The summed E-state index contributed by atoms with van der Waals surface area (Å²) < 4.78 is 27.8. The minimum absolute atomic E-state index is 0.0810. The lowest BCUT2D eigenvalue weighted by Crippen LogP contribution is -2.40. The molecular weight excluding hydrogens is 389 g/mol. The minimum atomic E-state index is -0.713. The first-order valence-corrected chi connectivity index (χ1v) is 10.6. The van der Waals surface area contributed by atoms with Crippen molar-refractivity contribution in [2.75, 3.05) is 38.8 Å². The van der Waals surface area contributed by atoms with E-state index in [0.717, 1.165) is 38.8 Å². The van der Waals surface area contributed by atoms with Gasteiger partial charge in [-0.05, 0) is 44.2 Å². The number of methoxy groups -OCH3 is 2. The number of anilines is 1. The number of nitrogens with zero attached hydrogens (tertiary/aromatic N) is 2. The molecular formula is C22H26FN3O4. The molecule has 0 unspecified atom stereocenters. The van der Waals surface area contributed by atoms with Gasteiger partial charge in [-0.25, -0.2) is 9.18 Å². The zero-order valence-electron chi connectivity index (χ0n) is 17.2. The maximum atomic E-state index is 15.4. The van der Waals surface area contributed by atoms with E-state index in [4.69, 9.17) is 9.47 Å². The largest absolute Gasteiger partial charge is 0.492 e. The standard InChI is InChI=1S/C22H26FN3O4/c1-29-21-18-14(20(27)15(22(28)30-2)10-26(18)13-5-6-13)8-16(23)19(21)25-9-12-4-3-7-24-17(12)11-25/h8,10,12-13,17,24H,3-7,9,11H2,1-2H3/t12-,17+/m1/s1. The Bertz CT molecular complexity index is 1060. The highest BCUT2D eigenvalue weighted by Crippen LogP contribution is 2.45. The minimum Gasteiger partial charge on any atom is -0.492 e. The summed E-state index contributed by atoms with van der Waals surface area (Å²) in [5.74, 6) is -0.371. The van der Waals surface area contributed by atoms with Gasteiger partial charge >= 0.3 is 5.97 Å². The third kappa shape index (κ3) is 2.96. The van der Waals surface area contributed by atoms with Crippen LogP contribution in [-0.2, 0) is 4.74 Å². The second kappa shape index (κ2) is 7.27. The second-order valence-corrected chi connectivity index (χ2v) is 8.51. The molecule has 8 heteroatoms. The van der Waals surface area contributed by atoms with Crippen LogP contribution in [0.15, 0.2) is 17.1 Å². The molecule has 1 aliphatic carbocycles. The van der Waals surface area contributed by atoms with Crippen LogP contribution in [0.3, 0.4) is 0 Å². The maximum absolute atomic E-state index is 15.4. The molecule has 7 nitrogen and oxygen atoms in total. The monoisotopic (exact) mass is 415 g/mol. The Morgan fingerprint density at radius 3 is 2.70 bits per heavy atom. The average Bonchev–Trinajstić information content (AvgIpc) is 3.51. The molecule has 1 N–H and O–H groups in total. The zero-order valence-corrected chi connectivity index (χ0v) is 17.2. The Morgan fingerprint density at radius 2 is 2.03 bits per heavy atom. The van der Waals surface area contributed by atoms with Crippen LogP contribution in [0.4, 0.5) is 10.1 Å². The Balaban J connectivity index is 1.72. The summed E-state index contributed by atoms with van der Waals surface area (Å²) in [6, 6.07) is 1.76. The Labute approximate surface area is 173 Å². The van der Waals surface area contributed by atoms with Crippen LogP contribution < -0.4 is 20.4 Å². The molecule has 30 heavy (non-hydrogen) atoms. The van der Waals surface area contributed by atoms with Gasteiger partial charge in [0, 0.05) is 31.4 Å². The van der Waals surface area contributed by atoms with E-state index < -0.39 is 17.2 Å². The number of rotatable bonds is 4.